The second-order valence-corrected chi connectivity index (χ2v) is 7.50. The van der Waals surface area contributed by atoms with Crippen molar-refractivity contribution in [3.8, 4) is 5.75 Å². The van der Waals surface area contributed by atoms with Crippen molar-refractivity contribution < 1.29 is 4.74 Å². The lowest BCUT2D eigenvalue weighted by Crippen LogP contribution is -2.54. The van der Waals surface area contributed by atoms with Crippen molar-refractivity contribution in [1.29, 1.82) is 0 Å². The first kappa shape index (κ1) is 19.6. The number of piperidine rings is 1. The maximum Gasteiger partial charge on any atom is 0.191 e. The number of nitrogens with one attached hydrogen (secondary N) is 2. The van der Waals surface area contributed by atoms with Gasteiger partial charge in [-0.25, -0.2) is 0 Å². The smallest absolute Gasteiger partial charge is 0.191 e. The molecule has 0 spiro atoms. The van der Waals surface area contributed by atoms with E-state index in [1.807, 2.05) is 13.1 Å². The Bertz CT molecular complexity index is 577. The summed E-state index contributed by atoms with van der Waals surface area (Å²) in [6.07, 6.45) is 3.99. The molecule has 1 aromatic rings. The molecule has 0 radical (unpaired) electrons. The van der Waals surface area contributed by atoms with Gasteiger partial charge in [-0.2, -0.15) is 0 Å². The van der Waals surface area contributed by atoms with Gasteiger partial charge in [-0.15, -0.1) is 0 Å². The first-order chi connectivity index (χ1) is 11.9. The van der Waals surface area contributed by atoms with Crippen molar-refractivity contribution in [1.82, 2.24) is 15.5 Å². The van der Waals surface area contributed by atoms with E-state index in [-0.39, 0.29) is 5.54 Å². The monoisotopic (exact) mass is 346 g/mol. The molecule has 0 amide bonds. The Morgan fingerprint density at radius 3 is 2.52 bits per heavy atom. The number of hydrogen-bond donors (Lipinski definition) is 2. The normalized spacial score (nSPS) is 16.6. The Kier molecular flexibility index (Phi) is 7.12. The molecule has 0 aliphatic carbocycles. The zero-order chi connectivity index (χ0) is 18.3. The number of rotatable bonds is 6. The lowest BCUT2D eigenvalue weighted by Gasteiger charge is -2.41. The fraction of sp³-hybridized carbons (Fsp3) is 0.650. The summed E-state index contributed by atoms with van der Waals surface area (Å²) >= 11 is 0. The second-order valence-electron chi connectivity index (χ2n) is 7.50. The predicted molar refractivity (Wildman–Crippen MR) is 105 cm³/mol. The third-order valence-corrected chi connectivity index (χ3v) is 4.93. The van der Waals surface area contributed by atoms with Crippen molar-refractivity contribution in [2.75, 3.05) is 33.8 Å². The van der Waals surface area contributed by atoms with Crippen LogP contribution in [0, 0.1) is 6.92 Å². The van der Waals surface area contributed by atoms with Crippen molar-refractivity contribution in [3.05, 3.63) is 29.3 Å². The van der Waals surface area contributed by atoms with E-state index in [4.69, 9.17) is 4.74 Å². The van der Waals surface area contributed by atoms with Gasteiger partial charge in [0.05, 0.1) is 7.11 Å². The van der Waals surface area contributed by atoms with Crippen molar-refractivity contribution in [2.45, 2.75) is 52.1 Å². The third-order valence-electron chi connectivity index (χ3n) is 4.93. The molecule has 1 heterocycles. The number of aryl methyl sites for hydroxylation is 1. The van der Waals surface area contributed by atoms with E-state index in [1.165, 1.54) is 43.5 Å². The molecule has 1 aliphatic rings. The zero-order valence-electron chi connectivity index (χ0n) is 16.5. The summed E-state index contributed by atoms with van der Waals surface area (Å²) in [6, 6.07) is 6.27. The van der Waals surface area contributed by atoms with Crippen LogP contribution in [0.15, 0.2) is 23.2 Å². The second kappa shape index (κ2) is 9.09. The van der Waals surface area contributed by atoms with Crippen molar-refractivity contribution >= 4 is 5.96 Å². The molecule has 5 nitrogen and oxygen atoms in total. The molecule has 0 bridgehead atoms. The highest BCUT2D eigenvalue weighted by Gasteiger charge is 2.27. The minimum absolute atomic E-state index is 0.130. The fourth-order valence-electron chi connectivity index (χ4n) is 3.36. The Balaban J connectivity index is 1.87. The van der Waals surface area contributed by atoms with E-state index >= 15 is 0 Å². The molecule has 0 aromatic heterocycles. The summed E-state index contributed by atoms with van der Waals surface area (Å²) < 4.78 is 5.35. The Morgan fingerprint density at radius 2 is 1.88 bits per heavy atom. The van der Waals surface area contributed by atoms with Crippen LogP contribution in [0.2, 0.25) is 0 Å². The predicted octanol–water partition coefficient (Wildman–Crippen LogP) is 2.93. The van der Waals surface area contributed by atoms with Gasteiger partial charge in [-0.3, -0.25) is 9.89 Å². The lowest BCUT2D eigenvalue weighted by atomic mass is 9.98. The molecule has 5 heteroatoms. The molecular weight excluding hydrogens is 312 g/mol. The van der Waals surface area contributed by atoms with Crippen LogP contribution in [0.5, 0.6) is 5.75 Å². The summed E-state index contributed by atoms with van der Waals surface area (Å²) in [6.45, 7) is 10.7. The maximum atomic E-state index is 5.35. The van der Waals surface area contributed by atoms with E-state index < -0.39 is 0 Å². The molecule has 1 aromatic carbocycles. The number of likely N-dealkylation sites (tertiary alicyclic amines) is 1. The lowest BCUT2D eigenvalue weighted by molar-refractivity contribution is 0.0982. The molecular formula is C20H34N4O. The number of aliphatic imine (C=N–C) groups is 1. The minimum Gasteiger partial charge on any atom is -0.497 e. The number of guanidine groups is 1. The van der Waals surface area contributed by atoms with E-state index in [0.717, 1.165) is 24.8 Å². The fourth-order valence-corrected chi connectivity index (χ4v) is 3.36. The van der Waals surface area contributed by atoms with Gasteiger partial charge in [-0.1, -0.05) is 12.5 Å². The number of nitrogens with zero attached hydrogens (tertiary/aromatic N) is 2. The van der Waals surface area contributed by atoms with E-state index in [1.54, 1.807) is 7.11 Å². The van der Waals surface area contributed by atoms with Crippen LogP contribution < -0.4 is 15.4 Å². The molecule has 1 fully saturated rings. The minimum atomic E-state index is 0.130. The van der Waals surface area contributed by atoms with Crippen LogP contribution in [0.1, 0.15) is 44.2 Å². The first-order valence-corrected chi connectivity index (χ1v) is 9.29. The molecule has 2 rings (SSSR count). The SMILES string of the molecule is CN=C(NCc1cc(C)cc(OC)c1)NCC(C)(C)N1CCCCC1. The molecule has 0 atom stereocenters. The molecule has 1 saturated heterocycles. The van der Waals surface area contributed by atoms with Crippen molar-refractivity contribution in [3.63, 3.8) is 0 Å². The van der Waals surface area contributed by atoms with Crippen LogP contribution in [-0.2, 0) is 6.54 Å². The first-order valence-electron chi connectivity index (χ1n) is 9.29. The van der Waals surface area contributed by atoms with Gasteiger partial charge in [0.2, 0.25) is 0 Å². The van der Waals surface area contributed by atoms with Gasteiger partial charge in [0.15, 0.2) is 5.96 Å². The zero-order valence-corrected chi connectivity index (χ0v) is 16.5. The summed E-state index contributed by atoms with van der Waals surface area (Å²) in [5.41, 5.74) is 2.52. The topological polar surface area (TPSA) is 48.9 Å². The third kappa shape index (κ3) is 5.92. The number of methoxy groups -OCH3 is 1. The summed E-state index contributed by atoms with van der Waals surface area (Å²) in [5.74, 6) is 1.73. The molecule has 0 unspecified atom stereocenters. The van der Waals surface area contributed by atoms with E-state index in [0.29, 0.717) is 0 Å². The molecule has 140 valence electrons. The van der Waals surface area contributed by atoms with Crippen LogP contribution in [0.3, 0.4) is 0 Å². The van der Waals surface area contributed by atoms with Gasteiger partial charge in [0, 0.05) is 25.7 Å². The van der Waals surface area contributed by atoms with Gasteiger partial charge in [-0.05, 0) is 70.0 Å². The van der Waals surface area contributed by atoms with Gasteiger partial charge < -0.3 is 15.4 Å². The standard InChI is InChI=1S/C20H34N4O/c1-16-11-17(13-18(12-16)25-5)14-22-19(21-4)23-15-20(2,3)24-9-7-6-8-10-24/h11-13H,6-10,14-15H2,1-5H3,(H2,21,22,23). The largest absolute Gasteiger partial charge is 0.497 e. The highest BCUT2D eigenvalue weighted by molar-refractivity contribution is 5.79. The quantitative estimate of drug-likeness (QED) is 0.614. The molecule has 1 aliphatic heterocycles. The number of ether oxygens (including phenoxy) is 1. The highest BCUT2D eigenvalue weighted by Crippen LogP contribution is 2.20. The van der Waals surface area contributed by atoms with E-state index in [2.05, 4.69) is 53.4 Å². The van der Waals surface area contributed by atoms with Gasteiger partial charge in [0.1, 0.15) is 5.75 Å². The summed E-state index contributed by atoms with van der Waals surface area (Å²) in [7, 11) is 3.52. The summed E-state index contributed by atoms with van der Waals surface area (Å²) in [4.78, 5) is 6.95. The Hall–Kier alpha value is -1.75. The maximum absolute atomic E-state index is 5.35. The van der Waals surface area contributed by atoms with Gasteiger partial charge in [0.25, 0.3) is 0 Å². The Labute approximate surface area is 152 Å². The molecule has 0 saturated carbocycles. The van der Waals surface area contributed by atoms with Crippen LogP contribution >= 0.6 is 0 Å². The molecule has 2 N–H and O–H groups in total. The van der Waals surface area contributed by atoms with Gasteiger partial charge >= 0.3 is 0 Å². The van der Waals surface area contributed by atoms with E-state index in [9.17, 15) is 0 Å². The molecule has 25 heavy (non-hydrogen) atoms. The van der Waals surface area contributed by atoms with Crippen molar-refractivity contribution in [2.24, 2.45) is 4.99 Å². The average molecular weight is 347 g/mol. The van der Waals surface area contributed by atoms with Crippen LogP contribution in [0.4, 0.5) is 0 Å². The van der Waals surface area contributed by atoms with Crippen LogP contribution in [0.25, 0.3) is 0 Å². The Morgan fingerprint density at radius 1 is 1.16 bits per heavy atom. The van der Waals surface area contributed by atoms with Crippen LogP contribution in [-0.4, -0.2) is 50.2 Å². The highest BCUT2D eigenvalue weighted by atomic mass is 16.5. The summed E-state index contributed by atoms with van der Waals surface area (Å²) in [5, 5.41) is 6.89. The number of benzene rings is 1. The number of hydrogen-bond acceptors (Lipinski definition) is 3. The average Bonchev–Trinajstić information content (AvgIpc) is 2.62.